The van der Waals surface area contributed by atoms with Crippen LogP contribution in [0.4, 0.5) is 5.69 Å². The molecule has 0 unspecified atom stereocenters. The Bertz CT molecular complexity index is 965. The molecule has 0 aliphatic rings. The fourth-order valence-electron chi connectivity index (χ4n) is 3.03. The second-order valence-corrected chi connectivity index (χ2v) is 9.01. The number of amides is 1. The fraction of sp³-hybridized carbons (Fsp3) is 0.409. The second-order valence-electron chi connectivity index (χ2n) is 7.07. The molecule has 1 amide bonds. The minimum Gasteiger partial charge on any atom is -0.481 e. The van der Waals surface area contributed by atoms with Crippen molar-refractivity contribution in [2.75, 3.05) is 18.4 Å². The van der Waals surface area contributed by atoms with Crippen molar-refractivity contribution in [1.82, 2.24) is 4.31 Å². The summed E-state index contributed by atoms with van der Waals surface area (Å²) in [6, 6.07) is 10.2. The van der Waals surface area contributed by atoms with Gasteiger partial charge in [0.05, 0.1) is 4.90 Å². The standard InChI is InChI=1S/C22H30N2O4S/c1-7-24(8-2)29(26,27)20-11-9-19(10-12-20)23-22(25)18(6)28-21-14-15(3)13-16(4)17(21)5/h9-14,18H,7-8H2,1-6H3,(H,23,25)/t18-/m0/s1. The molecule has 2 aromatic carbocycles. The molecule has 1 N–H and O–H groups in total. The SMILES string of the molecule is CCN(CC)S(=O)(=O)c1ccc(NC(=O)[C@H](C)Oc2cc(C)cc(C)c2C)cc1. The number of aryl methyl sites for hydroxylation is 2. The first kappa shape index (κ1) is 22.9. The van der Waals surface area contributed by atoms with E-state index in [1.165, 1.54) is 16.4 Å². The molecule has 0 radical (unpaired) electrons. The van der Waals surface area contributed by atoms with Crippen molar-refractivity contribution in [3.8, 4) is 5.75 Å². The predicted molar refractivity (Wildman–Crippen MR) is 116 cm³/mol. The van der Waals surface area contributed by atoms with Gasteiger partial charge in [-0.05, 0) is 74.7 Å². The Kier molecular flexibility index (Phi) is 7.43. The first-order chi connectivity index (χ1) is 13.6. The van der Waals surface area contributed by atoms with Gasteiger partial charge in [0.25, 0.3) is 5.91 Å². The molecule has 1 atom stereocenters. The third kappa shape index (κ3) is 5.36. The Morgan fingerprint density at radius 2 is 1.66 bits per heavy atom. The van der Waals surface area contributed by atoms with E-state index in [1.54, 1.807) is 32.9 Å². The summed E-state index contributed by atoms with van der Waals surface area (Å²) >= 11 is 0. The third-order valence-corrected chi connectivity index (χ3v) is 6.97. The summed E-state index contributed by atoms with van der Waals surface area (Å²) in [4.78, 5) is 12.7. The van der Waals surface area contributed by atoms with Gasteiger partial charge in [-0.3, -0.25) is 4.79 Å². The van der Waals surface area contributed by atoms with E-state index in [1.807, 2.05) is 26.8 Å². The average molecular weight is 419 g/mol. The molecule has 0 spiro atoms. The first-order valence-corrected chi connectivity index (χ1v) is 11.2. The molecule has 158 valence electrons. The van der Waals surface area contributed by atoms with Gasteiger partial charge in [-0.2, -0.15) is 4.31 Å². The predicted octanol–water partition coefficient (Wildman–Crippen LogP) is 4.05. The van der Waals surface area contributed by atoms with Gasteiger partial charge in [-0.25, -0.2) is 8.42 Å². The molecule has 0 fully saturated rings. The molecule has 0 aliphatic heterocycles. The monoisotopic (exact) mass is 418 g/mol. The summed E-state index contributed by atoms with van der Waals surface area (Å²) in [5.74, 6) is 0.383. The minimum atomic E-state index is -3.52. The number of anilines is 1. The molecule has 0 bridgehead atoms. The smallest absolute Gasteiger partial charge is 0.265 e. The molecule has 0 saturated heterocycles. The highest BCUT2D eigenvalue weighted by Crippen LogP contribution is 2.25. The lowest BCUT2D eigenvalue weighted by Gasteiger charge is -2.19. The number of carbonyl (C=O) groups excluding carboxylic acids is 1. The van der Waals surface area contributed by atoms with Crippen LogP contribution in [-0.2, 0) is 14.8 Å². The van der Waals surface area contributed by atoms with E-state index in [9.17, 15) is 13.2 Å². The van der Waals surface area contributed by atoms with Gasteiger partial charge in [-0.1, -0.05) is 19.9 Å². The zero-order valence-electron chi connectivity index (χ0n) is 17.9. The summed E-state index contributed by atoms with van der Waals surface area (Å²) in [6.45, 7) is 12.1. The average Bonchev–Trinajstić information content (AvgIpc) is 2.66. The van der Waals surface area contributed by atoms with Crippen LogP contribution in [0.25, 0.3) is 0 Å². The van der Waals surface area contributed by atoms with E-state index >= 15 is 0 Å². The number of benzene rings is 2. The van der Waals surface area contributed by atoms with E-state index in [-0.39, 0.29) is 10.8 Å². The molecule has 0 aromatic heterocycles. The highest BCUT2D eigenvalue weighted by molar-refractivity contribution is 7.89. The number of sulfonamides is 1. The maximum atomic E-state index is 12.5. The van der Waals surface area contributed by atoms with Crippen LogP contribution in [0.3, 0.4) is 0 Å². The lowest BCUT2D eigenvalue weighted by Crippen LogP contribution is -2.31. The van der Waals surface area contributed by atoms with Gasteiger partial charge in [0.15, 0.2) is 6.10 Å². The van der Waals surface area contributed by atoms with Crippen LogP contribution in [0, 0.1) is 20.8 Å². The number of rotatable bonds is 8. The van der Waals surface area contributed by atoms with Crippen LogP contribution in [0.2, 0.25) is 0 Å². The van der Waals surface area contributed by atoms with Crippen LogP contribution in [-0.4, -0.2) is 37.8 Å². The number of nitrogens with one attached hydrogen (secondary N) is 1. The Balaban J connectivity index is 2.09. The molecule has 0 aliphatic carbocycles. The normalized spacial score (nSPS) is 12.7. The van der Waals surface area contributed by atoms with E-state index in [4.69, 9.17) is 4.74 Å². The van der Waals surface area contributed by atoms with Gasteiger partial charge in [0.2, 0.25) is 10.0 Å². The zero-order chi connectivity index (χ0) is 21.8. The zero-order valence-corrected chi connectivity index (χ0v) is 18.8. The largest absolute Gasteiger partial charge is 0.481 e. The van der Waals surface area contributed by atoms with Gasteiger partial charge in [-0.15, -0.1) is 0 Å². The number of hydrogen-bond donors (Lipinski definition) is 1. The molecule has 29 heavy (non-hydrogen) atoms. The quantitative estimate of drug-likeness (QED) is 0.702. The van der Waals surface area contributed by atoms with Crippen LogP contribution in [0.1, 0.15) is 37.5 Å². The summed E-state index contributed by atoms with van der Waals surface area (Å²) in [5.41, 5.74) is 3.70. The number of ether oxygens (including phenoxy) is 1. The molecule has 7 heteroatoms. The lowest BCUT2D eigenvalue weighted by molar-refractivity contribution is -0.122. The van der Waals surface area contributed by atoms with Gasteiger partial charge in [0.1, 0.15) is 5.75 Å². The number of nitrogens with zero attached hydrogens (tertiary/aromatic N) is 1. The van der Waals surface area contributed by atoms with Crippen LogP contribution < -0.4 is 10.1 Å². The van der Waals surface area contributed by atoms with Crippen molar-refractivity contribution in [2.24, 2.45) is 0 Å². The van der Waals surface area contributed by atoms with Crippen molar-refractivity contribution in [3.05, 3.63) is 53.1 Å². The maximum Gasteiger partial charge on any atom is 0.265 e. The van der Waals surface area contributed by atoms with Crippen molar-refractivity contribution in [3.63, 3.8) is 0 Å². The van der Waals surface area contributed by atoms with Crippen molar-refractivity contribution < 1.29 is 17.9 Å². The maximum absolute atomic E-state index is 12.5. The van der Waals surface area contributed by atoms with Crippen LogP contribution >= 0.6 is 0 Å². The van der Waals surface area contributed by atoms with Gasteiger partial charge >= 0.3 is 0 Å². The lowest BCUT2D eigenvalue weighted by atomic mass is 10.1. The Labute approximate surface area is 173 Å². The van der Waals surface area contributed by atoms with E-state index < -0.39 is 16.1 Å². The highest BCUT2D eigenvalue weighted by atomic mass is 32.2. The summed E-state index contributed by atoms with van der Waals surface area (Å²) in [5, 5.41) is 2.77. The molecule has 0 saturated carbocycles. The summed E-state index contributed by atoms with van der Waals surface area (Å²) in [7, 11) is -3.52. The van der Waals surface area contributed by atoms with E-state index in [0.717, 1.165) is 16.7 Å². The van der Waals surface area contributed by atoms with E-state index in [0.29, 0.717) is 24.5 Å². The number of hydrogen-bond acceptors (Lipinski definition) is 4. The second kappa shape index (κ2) is 9.41. The van der Waals surface area contributed by atoms with E-state index in [2.05, 4.69) is 11.4 Å². The topological polar surface area (TPSA) is 75.7 Å². The first-order valence-electron chi connectivity index (χ1n) is 9.75. The Hall–Kier alpha value is -2.38. The van der Waals surface area contributed by atoms with Crippen molar-refractivity contribution in [1.29, 1.82) is 0 Å². The molecule has 2 rings (SSSR count). The van der Waals surface area contributed by atoms with Crippen molar-refractivity contribution >= 4 is 21.6 Å². The number of carbonyl (C=O) groups is 1. The van der Waals surface area contributed by atoms with Crippen LogP contribution in [0.15, 0.2) is 41.3 Å². The Morgan fingerprint density at radius 3 is 2.21 bits per heavy atom. The van der Waals surface area contributed by atoms with Gasteiger partial charge in [0, 0.05) is 18.8 Å². The molecule has 6 nitrogen and oxygen atoms in total. The molecular formula is C22H30N2O4S. The van der Waals surface area contributed by atoms with Gasteiger partial charge < -0.3 is 10.1 Å². The Morgan fingerprint density at radius 1 is 1.07 bits per heavy atom. The van der Waals surface area contributed by atoms with Crippen molar-refractivity contribution in [2.45, 2.75) is 52.5 Å². The van der Waals surface area contributed by atoms with Crippen LogP contribution in [0.5, 0.6) is 5.75 Å². The summed E-state index contributed by atoms with van der Waals surface area (Å²) < 4.78 is 32.3. The fourth-order valence-corrected chi connectivity index (χ4v) is 4.49. The molecular weight excluding hydrogens is 388 g/mol. The third-order valence-electron chi connectivity index (χ3n) is 4.90. The minimum absolute atomic E-state index is 0.203. The molecule has 0 heterocycles. The summed E-state index contributed by atoms with van der Waals surface area (Å²) in [6.07, 6.45) is -0.700. The molecule has 2 aromatic rings. The highest BCUT2D eigenvalue weighted by Gasteiger charge is 2.22.